The van der Waals surface area contributed by atoms with Gasteiger partial charge in [-0.3, -0.25) is 4.57 Å². The first-order chi connectivity index (χ1) is 24.9. The monoisotopic (exact) mass is 683 g/mol. The zero-order valence-electron chi connectivity index (χ0n) is 28.4. The largest absolute Gasteiger partial charge is 0.497 e. The molecule has 6 aromatic rings. The first-order valence-corrected chi connectivity index (χ1v) is 16.8. The van der Waals surface area contributed by atoms with Crippen LogP contribution in [0.2, 0.25) is 0 Å². The Morgan fingerprint density at radius 3 is 2.10 bits per heavy atom. The van der Waals surface area contributed by atoms with Gasteiger partial charge in [-0.25, -0.2) is 19.7 Å². The number of rotatable bonds is 9. The maximum Gasteiger partial charge on any atom is 0.338 e. The van der Waals surface area contributed by atoms with Crippen LogP contribution in [0, 0.1) is 0 Å². The molecule has 2 saturated heterocycles. The van der Waals surface area contributed by atoms with E-state index < -0.39 is 41.8 Å². The van der Waals surface area contributed by atoms with Crippen molar-refractivity contribution in [1.82, 2.24) is 19.5 Å². The van der Waals surface area contributed by atoms with Gasteiger partial charge in [0.15, 0.2) is 35.1 Å². The van der Waals surface area contributed by atoms with Gasteiger partial charge in [0.1, 0.15) is 29.8 Å². The fraction of sp³-hybridized carbons (Fsp3) is 0.250. The number of nitrogens with zero attached hydrogens (tertiary/aromatic N) is 4. The Bertz CT molecular complexity index is 2090. The Labute approximate surface area is 295 Å². The predicted molar refractivity (Wildman–Crippen MR) is 189 cm³/mol. The van der Waals surface area contributed by atoms with Gasteiger partial charge in [0.2, 0.25) is 0 Å². The van der Waals surface area contributed by atoms with E-state index in [1.165, 1.54) is 6.33 Å². The smallest absolute Gasteiger partial charge is 0.338 e. The molecule has 0 amide bonds. The van der Waals surface area contributed by atoms with Crippen molar-refractivity contribution in [3.63, 3.8) is 0 Å². The van der Waals surface area contributed by atoms with Crippen LogP contribution < -0.4 is 10.1 Å². The molecule has 8 rings (SSSR count). The highest BCUT2D eigenvalue weighted by Crippen LogP contribution is 2.43. The zero-order valence-corrected chi connectivity index (χ0v) is 28.4. The van der Waals surface area contributed by atoms with Crippen LogP contribution in [0.3, 0.4) is 0 Å². The standard InChI is InChI=1S/C40H37N5O6/c1-39(2)50-31-23-48-37(34(33(31)51-39)49-38(46)26-13-7-4-8-14-26)45-25-43-32-35(41-24-42-36(32)45)44-40(27-15-9-5-10-16-27,28-17-11-6-12-18-28)29-19-21-30(47-3)22-20-29/h4-22,24-25,31,33-34,37H,23H2,1-3H3,(H,41,42,44)/t31-,33-,34+,37+/m0/s1. The first kappa shape index (κ1) is 32.6. The molecule has 0 radical (unpaired) electrons. The Kier molecular flexibility index (Phi) is 8.47. The first-order valence-electron chi connectivity index (χ1n) is 16.8. The predicted octanol–water partition coefficient (Wildman–Crippen LogP) is 6.51. The highest BCUT2D eigenvalue weighted by Gasteiger charge is 2.54. The third-order valence-corrected chi connectivity index (χ3v) is 9.39. The van der Waals surface area contributed by atoms with E-state index in [4.69, 9.17) is 33.7 Å². The maximum atomic E-state index is 13.5. The molecule has 0 spiro atoms. The lowest BCUT2D eigenvalue weighted by atomic mass is 9.77. The van der Waals surface area contributed by atoms with Crippen molar-refractivity contribution in [2.75, 3.05) is 19.0 Å². The summed E-state index contributed by atoms with van der Waals surface area (Å²) in [4.78, 5) is 27.7. The van der Waals surface area contributed by atoms with Crippen LogP contribution >= 0.6 is 0 Å². The normalized spacial score (nSPS) is 21.2. The third-order valence-electron chi connectivity index (χ3n) is 9.39. The second kappa shape index (κ2) is 13.3. The van der Waals surface area contributed by atoms with Crippen LogP contribution in [-0.4, -0.2) is 63.3 Å². The number of hydrogen-bond acceptors (Lipinski definition) is 10. The fourth-order valence-electron chi connectivity index (χ4n) is 7.09. The van der Waals surface area contributed by atoms with E-state index >= 15 is 0 Å². The summed E-state index contributed by atoms with van der Waals surface area (Å²) in [5.74, 6) is -0.148. The molecular formula is C40H37N5O6. The third kappa shape index (κ3) is 5.99. The number of carbonyl (C=O) groups excluding carboxylic acids is 1. The van der Waals surface area contributed by atoms with Gasteiger partial charge in [-0.05, 0) is 54.8 Å². The van der Waals surface area contributed by atoms with E-state index in [0.29, 0.717) is 22.5 Å². The van der Waals surface area contributed by atoms with E-state index in [0.717, 1.165) is 22.4 Å². The number of hydrogen-bond donors (Lipinski definition) is 1. The molecule has 11 nitrogen and oxygen atoms in total. The Morgan fingerprint density at radius 2 is 1.45 bits per heavy atom. The van der Waals surface area contributed by atoms with Crippen LogP contribution in [0.1, 0.15) is 47.1 Å². The molecule has 2 aliphatic rings. The minimum absolute atomic E-state index is 0.219. The number of nitrogens with one attached hydrogen (secondary N) is 1. The van der Waals surface area contributed by atoms with E-state index in [-0.39, 0.29) is 6.61 Å². The van der Waals surface area contributed by atoms with Crippen molar-refractivity contribution in [2.24, 2.45) is 0 Å². The number of anilines is 1. The second-order valence-electron chi connectivity index (χ2n) is 13.0. The summed E-state index contributed by atoms with van der Waals surface area (Å²) < 4.78 is 32.3. The summed E-state index contributed by atoms with van der Waals surface area (Å²) >= 11 is 0. The summed E-state index contributed by atoms with van der Waals surface area (Å²) in [6.45, 7) is 3.89. The quantitative estimate of drug-likeness (QED) is 0.133. The highest BCUT2D eigenvalue weighted by atomic mass is 16.8. The molecular weight excluding hydrogens is 646 g/mol. The summed E-state index contributed by atoms with van der Waals surface area (Å²) in [5.41, 5.74) is 3.44. The van der Waals surface area contributed by atoms with Gasteiger partial charge in [-0.1, -0.05) is 91.0 Å². The molecule has 258 valence electrons. The van der Waals surface area contributed by atoms with Gasteiger partial charge in [0.25, 0.3) is 0 Å². The molecule has 51 heavy (non-hydrogen) atoms. The summed E-state index contributed by atoms with van der Waals surface area (Å²) in [7, 11) is 1.65. The molecule has 2 fully saturated rings. The van der Waals surface area contributed by atoms with Crippen LogP contribution in [0.4, 0.5) is 5.82 Å². The van der Waals surface area contributed by atoms with E-state index in [1.807, 2.05) is 80.6 Å². The van der Waals surface area contributed by atoms with Crippen LogP contribution in [0.15, 0.2) is 128 Å². The lowest BCUT2D eigenvalue weighted by Gasteiger charge is -2.38. The highest BCUT2D eigenvalue weighted by molar-refractivity contribution is 5.89. The molecule has 0 bridgehead atoms. The van der Waals surface area contributed by atoms with Gasteiger partial charge in [-0.2, -0.15) is 0 Å². The number of benzene rings is 4. The average molecular weight is 684 g/mol. The minimum atomic E-state index is -0.900. The van der Waals surface area contributed by atoms with Gasteiger partial charge >= 0.3 is 5.97 Å². The fourth-order valence-corrected chi connectivity index (χ4v) is 7.09. The van der Waals surface area contributed by atoms with Gasteiger partial charge in [0, 0.05) is 0 Å². The number of ether oxygens (including phenoxy) is 5. The molecule has 0 unspecified atom stereocenters. The second-order valence-corrected chi connectivity index (χ2v) is 13.0. The molecule has 11 heteroatoms. The summed E-state index contributed by atoms with van der Waals surface area (Å²) in [6, 6.07) is 37.2. The zero-order chi connectivity index (χ0) is 35.0. The van der Waals surface area contributed by atoms with Gasteiger partial charge in [0.05, 0.1) is 25.6 Å². The molecule has 4 heterocycles. The number of esters is 1. The molecule has 0 saturated carbocycles. The molecule has 4 aromatic carbocycles. The SMILES string of the molecule is COc1ccc(C(Nc2ncnc3c2ncn3[C@@H]2OC[C@@H]3OC(C)(C)O[C@@H]3[C@H]2OC(=O)c2ccccc2)(c2ccccc2)c2ccccc2)cc1. The minimum Gasteiger partial charge on any atom is -0.497 e. The average Bonchev–Trinajstić information content (AvgIpc) is 3.75. The molecule has 0 aliphatic carbocycles. The van der Waals surface area contributed by atoms with Crippen molar-refractivity contribution >= 4 is 23.0 Å². The topological polar surface area (TPSA) is 119 Å². The van der Waals surface area contributed by atoms with Crippen molar-refractivity contribution < 1.29 is 28.5 Å². The van der Waals surface area contributed by atoms with Crippen molar-refractivity contribution in [3.05, 3.63) is 150 Å². The maximum absolute atomic E-state index is 13.5. The number of aromatic nitrogens is 4. The number of fused-ring (bicyclic) bond motifs is 2. The van der Waals surface area contributed by atoms with Crippen LogP contribution in [0.25, 0.3) is 11.2 Å². The van der Waals surface area contributed by atoms with Gasteiger partial charge < -0.3 is 29.0 Å². The Hall–Kier alpha value is -5.62. The summed E-state index contributed by atoms with van der Waals surface area (Å²) in [6.07, 6.45) is 0.398. The van der Waals surface area contributed by atoms with Gasteiger partial charge in [-0.15, -0.1) is 0 Å². The van der Waals surface area contributed by atoms with E-state index in [1.54, 1.807) is 42.3 Å². The Morgan fingerprint density at radius 1 is 0.824 bits per heavy atom. The number of methoxy groups -OCH3 is 1. The molecule has 2 aliphatic heterocycles. The number of imidazole rings is 1. The lowest BCUT2D eigenvalue weighted by molar-refractivity contribution is -0.182. The molecule has 2 aromatic heterocycles. The van der Waals surface area contributed by atoms with E-state index in [9.17, 15) is 4.79 Å². The summed E-state index contributed by atoms with van der Waals surface area (Å²) in [5, 5.41) is 3.81. The molecule has 4 atom stereocenters. The molecule has 1 N–H and O–H groups in total. The van der Waals surface area contributed by atoms with Crippen molar-refractivity contribution in [2.45, 2.75) is 49.7 Å². The van der Waals surface area contributed by atoms with Crippen molar-refractivity contribution in [3.8, 4) is 5.75 Å². The van der Waals surface area contributed by atoms with Crippen LogP contribution in [0.5, 0.6) is 5.75 Å². The van der Waals surface area contributed by atoms with Crippen LogP contribution in [-0.2, 0) is 24.5 Å². The van der Waals surface area contributed by atoms with E-state index in [2.05, 4.69) is 34.6 Å². The Balaban J connectivity index is 1.23. The number of carbonyl (C=O) groups is 1. The van der Waals surface area contributed by atoms with Crippen molar-refractivity contribution in [1.29, 1.82) is 0 Å². The lowest BCUT2D eigenvalue weighted by Crippen LogP contribution is -2.51.